The number of benzene rings is 1. The number of hydrogen-bond donors (Lipinski definition) is 2. The van der Waals surface area contributed by atoms with Crippen LogP contribution in [0.1, 0.15) is 42.3 Å². The Morgan fingerprint density at radius 2 is 2.13 bits per heavy atom. The van der Waals surface area contributed by atoms with Gasteiger partial charge in [0.1, 0.15) is 5.75 Å². The predicted octanol–water partition coefficient (Wildman–Crippen LogP) is 3.37. The van der Waals surface area contributed by atoms with Gasteiger partial charge < -0.3 is 20.1 Å². The molecular weight excluding hydrogens is 390 g/mol. The molecule has 0 bridgehead atoms. The Hall–Kier alpha value is -2.54. The van der Waals surface area contributed by atoms with Crippen molar-refractivity contribution in [3.63, 3.8) is 0 Å². The number of nitrogens with zero attached hydrogens (tertiary/aromatic N) is 3. The Morgan fingerprint density at radius 1 is 1.26 bits per heavy atom. The highest BCUT2D eigenvalue weighted by molar-refractivity contribution is 5.79. The smallest absolute Gasteiger partial charge is 0.191 e. The molecule has 2 heterocycles. The molecule has 1 aliphatic heterocycles. The van der Waals surface area contributed by atoms with E-state index in [0.29, 0.717) is 19.1 Å². The molecule has 1 saturated heterocycles. The van der Waals surface area contributed by atoms with Crippen molar-refractivity contribution in [2.45, 2.75) is 53.6 Å². The topological polar surface area (TPSA) is 72.7 Å². The summed E-state index contributed by atoms with van der Waals surface area (Å²) in [5.74, 6) is 2.24. The van der Waals surface area contributed by atoms with Crippen LogP contribution in [0.25, 0.3) is 0 Å². The molecule has 7 heteroatoms. The van der Waals surface area contributed by atoms with Gasteiger partial charge in [-0.2, -0.15) is 5.10 Å². The summed E-state index contributed by atoms with van der Waals surface area (Å²) in [4.78, 5) is 4.79. The summed E-state index contributed by atoms with van der Waals surface area (Å²) in [6.07, 6.45) is 2.06. The highest BCUT2D eigenvalue weighted by Gasteiger charge is 2.17. The second-order valence-electron chi connectivity index (χ2n) is 8.28. The van der Waals surface area contributed by atoms with Crippen LogP contribution in [-0.2, 0) is 17.8 Å². The van der Waals surface area contributed by atoms with Crippen LogP contribution in [0.2, 0.25) is 0 Å². The van der Waals surface area contributed by atoms with Crippen LogP contribution in [-0.4, -0.2) is 48.7 Å². The van der Waals surface area contributed by atoms with Crippen molar-refractivity contribution >= 4 is 5.96 Å². The number of aryl methyl sites for hydroxylation is 4. The number of guanidine groups is 1. The lowest BCUT2D eigenvalue weighted by Gasteiger charge is -2.15. The molecule has 1 atom stereocenters. The molecule has 170 valence electrons. The summed E-state index contributed by atoms with van der Waals surface area (Å²) >= 11 is 0. The first-order valence-electron chi connectivity index (χ1n) is 11.4. The van der Waals surface area contributed by atoms with E-state index in [1.54, 1.807) is 0 Å². The summed E-state index contributed by atoms with van der Waals surface area (Å²) in [7, 11) is 0. The first-order valence-corrected chi connectivity index (χ1v) is 11.4. The molecule has 0 amide bonds. The van der Waals surface area contributed by atoms with E-state index in [-0.39, 0.29) is 0 Å². The Bertz CT molecular complexity index is 856. The van der Waals surface area contributed by atoms with Crippen molar-refractivity contribution in [2.75, 3.05) is 32.9 Å². The minimum absolute atomic E-state index is 0.484. The van der Waals surface area contributed by atoms with Gasteiger partial charge in [0, 0.05) is 43.4 Å². The first-order chi connectivity index (χ1) is 15.0. The fraction of sp³-hybridized carbons (Fsp3) is 0.583. The standard InChI is InChI=1S/C24H37N5O2/c1-5-25-24(26-10-6-11-29-20(4)14-19(3)28-29)27-15-22-8-7-18(2)13-23(22)31-17-21-9-12-30-16-21/h7-8,13-14,21H,5-6,9-12,15-17H2,1-4H3,(H2,25,26,27). The third-order valence-electron chi connectivity index (χ3n) is 5.42. The molecule has 1 unspecified atom stereocenters. The highest BCUT2D eigenvalue weighted by Crippen LogP contribution is 2.23. The Balaban J connectivity index is 1.54. The van der Waals surface area contributed by atoms with E-state index in [1.165, 1.54) is 11.3 Å². The van der Waals surface area contributed by atoms with Gasteiger partial charge in [-0.25, -0.2) is 4.99 Å². The lowest BCUT2D eigenvalue weighted by Crippen LogP contribution is -2.38. The van der Waals surface area contributed by atoms with Crippen LogP contribution in [0, 0.1) is 26.7 Å². The molecule has 0 saturated carbocycles. The number of nitrogens with one attached hydrogen (secondary N) is 2. The van der Waals surface area contributed by atoms with Gasteiger partial charge in [0.15, 0.2) is 5.96 Å². The zero-order chi connectivity index (χ0) is 22.1. The minimum atomic E-state index is 0.484. The lowest BCUT2D eigenvalue weighted by atomic mass is 10.1. The normalized spacial score (nSPS) is 16.5. The monoisotopic (exact) mass is 427 g/mol. The molecule has 0 radical (unpaired) electrons. The molecule has 7 nitrogen and oxygen atoms in total. The van der Waals surface area contributed by atoms with Gasteiger partial charge in [-0.3, -0.25) is 4.68 Å². The number of aliphatic imine (C=N–C) groups is 1. The zero-order valence-corrected chi connectivity index (χ0v) is 19.4. The summed E-state index contributed by atoms with van der Waals surface area (Å²) in [5, 5.41) is 11.3. The summed E-state index contributed by atoms with van der Waals surface area (Å²) < 4.78 is 13.7. The Labute approximate surface area is 186 Å². The van der Waals surface area contributed by atoms with Gasteiger partial charge in [0.2, 0.25) is 0 Å². The predicted molar refractivity (Wildman–Crippen MR) is 125 cm³/mol. The van der Waals surface area contributed by atoms with E-state index in [4.69, 9.17) is 14.5 Å². The van der Waals surface area contributed by atoms with Gasteiger partial charge in [-0.15, -0.1) is 0 Å². The van der Waals surface area contributed by atoms with Gasteiger partial charge >= 0.3 is 0 Å². The molecular formula is C24H37N5O2. The number of hydrogen-bond acceptors (Lipinski definition) is 4. The van der Waals surface area contributed by atoms with Crippen molar-refractivity contribution in [2.24, 2.45) is 10.9 Å². The average molecular weight is 428 g/mol. The molecule has 0 spiro atoms. The van der Waals surface area contributed by atoms with E-state index in [2.05, 4.69) is 65.5 Å². The molecule has 31 heavy (non-hydrogen) atoms. The second kappa shape index (κ2) is 11.7. The van der Waals surface area contributed by atoms with E-state index in [1.807, 2.05) is 6.92 Å². The molecule has 2 aromatic rings. The van der Waals surface area contributed by atoms with E-state index in [0.717, 1.165) is 68.7 Å². The minimum Gasteiger partial charge on any atom is -0.493 e. The van der Waals surface area contributed by atoms with Gasteiger partial charge in [0.25, 0.3) is 0 Å². The fourth-order valence-corrected chi connectivity index (χ4v) is 3.69. The molecule has 1 aromatic heterocycles. The van der Waals surface area contributed by atoms with Crippen molar-refractivity contribution in [1.82, 2.24) is 20.4 Å². The van der Waals surface area contributed by atoms with E-state index < -0.39 is 0 Å². The van der Waals surface area contributed by atoms with Gasteiger partial charge in [-0.05, 0) is 58.2 Å². The summed E-state index contributed by atoms with van der Waals surface area (Å²) in [5.41, 5.74) is 4.56. The molecule has 1 aromatic carbocycles. The van der Waals surface area contributed by atoms with Crippen LogP contribution in [0.5, 0.6) is 5.75 Å². The Morgan fingerprint density at radius 3 is 2.84 bits per heavy atom. The maximum Gasteiger partial charge on any atom is 0.191 e. The molecule has 1 aliphatic rings. The SMILES string of the molecule is CCNC(=NCc1ccc(C)cc1OCC1CCOC1)NCCCn1nc(C)cc1C. The highest BCUT2D eigenvalue weighted by atomic mass is 16.5. The van der Waals surface area contributed by atoms with Crippen LogP contribution in [0.3, 0.4) is 0 Å². The molecule has 2 N–H and O–H groups in total. The zero-order valence-electron chi connectivity index (χ0n) is 19.4. The lowest BCUT2D eigenvalue weighted by molar-refractivity contribution is 0.166. The summed E-state index contributed by atoms with van der Waals surface area (Å²) in [6.45, 7) is 13.8. The maximum atomic E-state index is 6.16. The van der Waals surface area contributed by atoms with Crippen LogP contribution in [0.4, 0.5) is 0 Å². The number of ether oxygens (including phenoxy) is 2. The van der Waals surface area contributed by atoms with Crippen molar-refractivity contribution in [3.05, 3.63) is 46.8 Å². The van der Waals surface area contributed by atoms with Crippen LogP contribution >= 0.6 is 0 Å². The van der Waals surface area contributed by atoms with Gasteiger partial charge in [-0.1, -0.05) is 12.1 Å². The number of rotatable bonds is 10. The third kappa shape index (κ3) is 7.28. The summed E-state index contributed by atoms with van der Waals surface area (Å²) in [6, 6.07) is 8.45. The molecule has 0 aliphatic carbocycles. The quantitative estimate of drug-likeness (QED) is 0.346. The number of aromatic nitrogens is 2. The maximum absolute atomic E-state index is 6.16. The van der Waals surface area contributed by atoms with Gasteiger partial charge in [0.05, 0.1) is 25.5 Å². The van der Waals surface area contributed by atoms with Crippen LogP contribution in [0.15, 0.2) is 29.3 Å². The first kappa shape index (κ1) is 23.1. The molecule has 3 rings (SSSR count). The largest absolute Gasteiger partial charge is 0.493 e. The second-order valence-corrected chi connectivity index (χ2v) is 8.28. The van der Waals surface area contributed by atoms with Crippen molar-refractivity contribution in [3.8, 4) is 5.75 Å². The fourth-order valence-electron chi connectivity index (χ4n) is 3.69. The van der Waals surface area contributed by atoms with Crippen molar-refractivity contribution in [1.29, 1.82) is 0 Å². The van der Waals surface area contributed by atoms with Crippen LogP contribution < -0.4 is 15.4 Å². The molecule has 1 fully saturated rings. The van der Waals surface area contributed by atoms with E-state index in [9.17, 15) is 0 Å². The Kier molecular flexibility index (Phi) is 8.76. The van der Waals surface area contributed by atoms with Crippen molar-refractivity contribution < 1.29 is 9.47 Å². The third-order valence-corrected chi connectivity index (χ3v) is 5.42. The van der Waals surface area contributed by atoms with E-state index >= 15 is 0 Å². The average Bonchev–Trinajstić information content (AvgIpc) is 3.37.